The molecule has 2 rings (SSSR count). The third kappa shape index (κ3) is 3.26. The quantitative estimate of drug-likeness (QED) is 0.638. The van der Waals surface area contributed by atoms with Gasteiger partial charge in [0.05, 0.1) is 5.56 Å². The van der Waals surface area contributed by atoms with Crippen LogP contribution < -0.4 is 5.73 Å². The zero-order chi connectivity index (χ0) is 15.6. The van der Waals surface area contributed by atoms with Gasteiger partial charge in [0.15, 0.2) is 0 Å². The van der Waals surface area contributed by atoms with E-state index in [0.717, 1.165) is 0 Å². The van der Waals surface area contributed by atoms with Gasteiger partial charge in [-0.15, -0.1) is 0 Å². The van der Waals surface area contributed by atoms with Crippen LogP contribution >= 0.6 is 0 Å². The number of benzene rings is 1. The number of amides is 2. The van der Waals surface area contributed by atoms with E-state index >= 15 is 0 Å². The maximum absolute atomic E-state index is 12.4. The summed E-state index contributed by atoms with van der Waals surface area (Å²) >= 11 is 0. The Hall–Kier alpha value is -2.24. The van der Waals surface area contributed by atoms with Crippen molar-refractivity contribution >= 4 is 17.5 Å². The molecule has 0 spiro atoms. The molecule has 1 heterocycles. The van der Waals surface area contributed by atoms with Gasteiger partial charge >= 0.3 is 0 Å². The molecule has 1 saturated heterocycles. The van der Waals surface area contributed by atoms with Crippen molar-refractivity contribution in [2.75, 3.05) is 32.4 Å². The molecule has 0 bridgehead atoms. The lowest BCUT2D eigenvalue weighted by Gasteiger charge is -2.22. The average molecular weight is 291 g/mol. The van der Waals surface area contributed by atoms with E-state index in [4.69, 9.17) is 5.73 Å². The van der Waals surface area contributed by atoms with Gasteiger partial charge in [-0.3, -0.25) is 9.59 Å². The van der Waals surface area contributed by atoms with Gasteiger partial charge in [0.2, 0.25) is 5.91 Å². The zero-order valence-corrected chi connectivity index (χ0v) is 12.4. The Labute approximate surface area is 124 Å². The fourth-order valence-corrected chi connectivity index (χ4v) is 2.69. The number of likely N-dealkylation sites (tertiary alicyclic amines) is 1. The number of hydrogen-bond acceptors (Lipinski definition) is 4. The second kappa shape index (κ2) is 6.03. The summed E-state index contributed by atoms with van der Waals surface area (Å²) < 4.78 is 0. The van der Waals surface area contributed by atoms with Gasteiger partial charge in [0, 0.05) is 44.7 Å². The van der Waals surface area contributed by atoms with Gasteiger partial charge in [0.25, 0.3) is 5.91 Å². The molecule has 0 saturated carbocycles. The van der Waals surface area contributed by atoms with Crippen molar-refractivity contribution in [1.82, 2.24) is 9.80 Å². The highest BCUT2D eigenvalue weighted by Gasteiger charge is 2.30. The molecule has 3 N–H and O–H groups in total. The molecular formula is C15H21N3O3. The maximum atomic E-state index is 12.4. The van der Waals surface area contributed by atoms with Crippen LogP contribution in [-0.4, -0.2) is 53.4 Å². The fraction of sp³-hybridized carbons (Fsp3) is 0.467. The summed E-state index contributed by atoms with van der Waals surface area (Å²) in [6, 6.07) is 4.32. The predicted octanol–water partition coefficient (Wildman–Crippen LogP) is 0.915. The summed E-state index contributed by atoms with van der Waals surface area (Å²) in [4.78, 5) is 27.4. The van der Waals surface area contributed by atoms with Crippen LogP contribution in [0.4, 0.5) is 5.69 Å². The van der Waals surface area contributed by atoms with Crippen molar-refractivity contribution in [1.29, 1.82) is 0 Å². The molecule has 1 fully saturated rings. The smallest absolute Gasteiger partial charge is 0.255 e. The number of anilines is 1. The molecule has 6 nitrogen and oxygen atoms in total. The first-order valence-corrected chi connectivity index (χ1v) is 7.04. The Morgan fingerprint density at radius 3 is 2.86 bits per heavy atom. The number of carbonyl (C=O) groups is 2. The van der Waals surface area contributed by atoms with Crippen LogP contribution in [0.25, 0.3) is 0 Å². The predicted molar refractivity (Wildman–Crippen MR) is 79.8 cm³/mol. The minimum Gasteiger partial charge on any atom is -0.508 e. The molecule has 0 radical (unpaired) electrons. The number of phenolic OH excluding ortho intramolecular Hbond substituents is 1. The van der Waals surface area contributed by atoms with Crippen molar-refractivity contribution in [2.24, 2.45) is 5.92 Å². The van der Waals surface area contributed by atoms with Crippen molar-refractivity contribution in [2.45, 2.75) is 13.3 Å². The summed E-state index contributed by atoms with van der Waals surface area (Å²) in [5.41, 5.74) is 6.40. The van der Waals surface area contributed by atoms with E-state index in [0.29, 0.717) is 31.7 Å². The topological polar surface area (TPSA) is 86.9 Å². The van der Waals surface area contributed by atoms with E-state index in [1.54, 1.807) is 16.8 Å². The number of phenols is 1. The Balaban J connectivity index is 2.03. The molecule has 1 aromatic rings. The standard InChI is InChI=1S/C15H21N3O3/c1-3-18-9-10(6-14(18)20)8-17(2)15(21)12-7-11(19)4-5-13(12)16/h4-5,7,10,19H,3,6,8-9,16H2,1-2H3. The Morgan fingerprint density at radius 2 is 2.24 bits per heavy atom. The minimum atomic E-state index is -0.245. The number of rotatable bonds is 4. The van der Waals surface area contributed by atoms with Gasteiger partial charge < -0.3 is 20.6 Å². The average Bonchev–Trinajstić information content (AvgIpc) is 2.80. The molecule has 6 heteroatoms. The lowest BCUT2D eigenvalue weighted by atomic mass is 10.1. The van der Waals surface area contributed by atoms with Gasteiger partial charge in [-0.1, -0.05) is 0 Å². The first-order valence-electron chi connectivity index (χ1n) is 7.04. The van der Waals surface area contributed by atoms with Gasteiger partial charge in [0.1, 0.15) is 5.75 Å². The molecule has 0 aromatic heterocycles. The molecule has 1 aliphatic heterocycles. The Kier molecular flexibility index (Phi) is 4.35. The molecular weight excluding hydrogens is 270 g/mol. The van der Waals surface area contributed by atoms with E-state index < -0.39 is 0 Å². The van der Waals surface area contributed by atoms with Crippen molar-refractivity contribution < 1.29 is 14.7 Å². The molecule has 1 aromatic carbocycles. The second-order valence-corrected chi connectivity index (χ2v) is 5.46. The van der Waals surface area contributed by atoms with Gasteiger partial charge in [-0.05, 0) is 25.1 Å². The highest BCUT2D eigenvalue weighted by atomic mass is 16.3. The number of nitrogens with zero attached hydrogens (tertiary/aromatic N) is 2. The molecule has 1 unspecified atom stereocenters. The normalized spacial score (nSPS) is 18.1. The van der Waals surface area contributed by atoms with Crippen LogP contribution in [0, 0.1) is 5.92 Å². The summed E-state index contributed by atoms with van der Waals surface area (Å²) in [6.45, 7) is 3.83. The SMILES string of the molecule is CCN1CC(CN(C)C(=O)c2cc(O)ccc2N)CC1=O. The first kappa shape index (κ1) is 15.2. The number of hydrogen-bond donors (Lipinski definition) is 2. The monoisotopic (exact) mass is 291 g/mol. The summed E-state index contributed by atoms with van der Waals surface area (Å²) in [6.07, 6.45) is 0.473. The minimum absolute atomic E-state index is 0.00847. The zero-order valence-electron chi connectivity index (χ0n) is 12.4. The van der Waals surface area contributed by atoms with Crippen molar-refractivity contribution in [3.8, 4) is 5.75 Å². The van der Waals surface area contributed by atoms with Crippen molar-refractivity contribution in [3.63, 3.8) is 0 Å². The van der Waals surface area contributed by atoms with E-state index in [1.807, 2.05) is 6.92 Å². The molecule has 114 valence electrons. The highest BCUT2D eigenvalue weighted by molar-refractivity contribution is 5.99. The van der Waals surface area contributed by atoms with Crippen LogP contribution in [0.3, 0.4) is 0 Å². The Bertz CT molecular complexity index is 559. The number of aromatic hydroxyl groups is 1. The van der Waals surface area contributed by atoms with Crippen molar-refractivity contribution in [3.05, 3.63) is 23.8 Å². The van der Waals surface area contributed by atoms with Crippen LogP contribution in [0.2, 0.25) is 0 Å². The van der Waals surface area contributed by atoms with E-state index in [2.05, 4.69) is 0 Å². The van der Waals surface area contributed by atoms with Gasteiger partial charge in [-0.25, -0.2) is 0 Å². The number of nitrogen functional groups attached to an aromatic ring is 1. The van der Waals surface area contributed by atoms with E-state index in [9.17, 15) is 14.7 Å². The summed E-state index contributed by atoms with van der Waals surface area (Å²) in [7, 11) is 1.69. The van der Waals surface area contributed by atoms with E-state index in [1.165, 1.54) is 18.2 Å². The summed E-state index contributed by atoms with van der Waals surface area (Å²) in [5.74, 6) is 0.0464. The highest BCUT2D eigenvalue weighted by Crippen LogP contribution is 2.22. The van der Waals surface area contributed by atoms with Crippen LogP contribution in [0.5, 0.6) is 5.75 Å². The number of carbonyl (C=O) groups excluding carboxylic acids is 2. The number of nitrogens with two attached hydrogens (primary N) is 1. The summed E-state index contributed by atoms with van der Waals surface area (Å²) in [5, 5.41) is 9.48. The maximum Gasteiger partial charge on any atom is 0.255 e. The van der Waals surface area contributed by atoms with Crippen LogP contribution in [-0.2, 0) is 4.79 Å². The lowest BCUT2D eigenvalue weighted by molar-refractivity contribution is -0.127. The third-order valence-corrected chi connectivity index (χ3v) is 3.82. The lowest BCUT2D eigenvalue weighted by Crippen LogP contribution is -2.33. The molecule has 2 amide bonds. The Morgan fingerprint density at radius 1 is 1.52 bits per heavy atom. The molecule has 21 heavy (non-hydrogen) atoms. The molecule has 1 aliphatic rings. The van der Waals surface area contributed by atoms with Crippen LogP contribution in [0.15, 0.2) is 18.2 Å². The van der Waals surface area contributed by atoms with Gasteiger partial charge in [-0.2, -0.15) is 0 Å². The molecule has 0 aliphatic carbocycles. The second-order valence-electron chi connectivity index (χ2n) is 5.46. The fourth-order valence-electron chi connectivity index (χ4n) is 2.69. The largest absolute Gasteiger partial charge is 0.508 e. The van der Waals surface area contributed by atoms with Crippen LogP contribution in [0.1, 0.15) is 23.7 Å². The molecule has 1 atom stereocenters. The third-order valence-electron chi connectivity index (χ3n) is 3.82. The first-order chi connectivity index (χ1) is 9.92. The van der Waals surface area contributed by atoms with E-state index in [-0.39, 0.29) is 29.0 Å².